The molecule has 0 aliphatic carbocycles. The SMILES string of the molecule is c1ccc(-c2nn[nH]n2)c(NCc2ccncc2)c1. The molecule has 0 atom stereocenters. The molecule has 94 valence electrons. The lowest BCUT2D eigenvalue weighted by Crippen LogP contribution is -2.01. The largest absolute Gasteiger partial charge is 0.380 e. The van der Waals surface area contributed by atoms with Gasteiger partial charge in [0.15, 0.2) is 0 Å². The average Bonchev–Trinajstić information content (AvgIpc) is 3.01. The van der Waals surface area contributed by atoms with Gasteiger partial charge in [0.2, 0.25) is 5.82 Å². The van der Waals surface area contributed by atoms with Gasteiger partial charge in [-0.25, -0.2) is 0 Å². The summed E-state index contributed by atoms with van der Waals surface area (Å²) in [7, 11) is 0. The average molecular weight is 252 g/mol. The Kier molecular flexibility index (Phi) is 3.14. The molecule has 3 rings (SSSR count). The van der Waals surface area contributed by atoms with E-state index in [0.29, 0.717) is 5.82 Å². The van der Waals surface area contributed by atoms with Gasteiger partial charge in [0.1, 0.15) is 0 Å². The molecule has 6 heteroatoms. The van der Waals surface area contributed by atoms with Crippen LogP contribution in [0.25, 0.3) is 11.4 Å². The summed E-state index contributed by atoms with van der Waals surface area (Å²) in [5, 5.41) is 17.4. The second-order valence-corrected chi connectivity index (χ2v) is 3.99. The lowest BCUT2D eigenvalue weighted by Gasteiger charge is -2.09. The minimum atomic E-state index is 0.581. The molecular formula is C13H12N6. The number of nitrogens with zero attached hydrogens (tertiary/aromatic N) is 4. The number of aromatic nitrogens is 5. The number of para-hydroxylation sites is 1. The van der Waals surface area contributed by atoms with Gasteiger partial charge in [-0.3, -0.25) is 4.98 Å². The minimum absolute atomic E-state index is 0.581. The first-order chi connectivity index (χ1) is 9.43. The molecule has 0 radical (unpaired) electrons. The van der Waals surface area contributed by atoms with Gasteiger partial charge in [-0.15, -0.1) is 10.2 Å². The number of pyridine rings is 1. The first-order valence-electron chi connectivity index (χ1n) is 5.89. The standard InChI is InChI=1S/C13H12N6/c1-2-4-12(11(3-1)13-16-18-19-17-13)15-9-10-5-7-14-8-6-10/h1-8,15H,9H2,(H,16,17,18,19). The molecule has 0 unspecified atom stereocenters. The molecule has 2 aromatic heterocycles. The van der Waals surface area contributed by atoms with Crippen LogP contribution < -0.4 is 5.32 Å². The van der Waals surface area contributed by atoms with Gasteiger partial charge in [-0.1, -0.05) is 12.1 Å². The van der Waals surface area contributed by atoms with E-state index in [1.54, 1.807) is 12.4 Å². The maximum atomic E-state index is 4.00. The molecule has 3 aromatic rings. The fourth-order valence-electron chi connectivity index (χ4n) is 1.81. The van der Waals surface area contributed by atoms with Crippen molar-refractivity contribution in [2.24, 2.45) is 0 Å². The maximum absolute atomic E-state index is 4.00. The Morgan fingerprint density at radius 3 is 2.68 bits per heavy atom. The molecule has 0 saturated heterocycles. The van der Waals surface area contributed by atoms with Gasteiger partial charge >= 0.3 is 0 Å². The van der Waals surface area contributed by atoms with Gasteiger partial charge in [-0.2, -0.15) is 5.21 Å². The monoisotopic (exact) mass is 252 g/mol. The first-order valence-corrected chi connectivity index (χ1v) is 5.89. The van der Waals surface area contributed by atoms with Crippen molar-refractivity contribution in [3.05, 3.63) is 54.4 Å². The predicted octanol–water partition coefficient (Wildman–Crippen LogP) is 1.87. The van der Waals surface area contributed by atoms with Crippen LogP contribution in [0.15, 0.2) is 48.8 Å². The third-order valence-corrected chi connectivity index (χ3v) is 2.75. The Morgan fingerprint density at radius 2 is 1.89 bits per heavy atom. The number of H-pyrrole nitrogens is 1. The molecule has 0 bridgehead atoms. The van der Waals surface area contributed by atoms with Crippen molar-refractivity contribution in [3.8, 4) is 11.4 Å². The summed E-state index contributed by atoms with van der Waals surface area (Å²) in [6.07, 6.45) is 3.56. The van der Waals surface area contributed by atoms with Crippen LogP contribution in [0.2, 0.25) is 0 Å². The second-order valence-electron chi connectivity index (χ2n) is 3.99. The maximum Gasteiger partial charge on any atom is 0.206 e. The van der Waals surface area contributed by atoms with Crippen LogP contribution in [0.5, 0.6) is 0 Å². The summed E-state index contributed by atoms with van der Waals surface area (Å²) < 4.78 is 0. The molecule has 2 N–H and O–H groups in total. The van der Waals surface area contributed by atoms with E-state index in [-0.39, 0.29) is 0 Å². The van der Waals surface area contributed by atoms with Gasteiger partial charge in [0.25, 0.3) is 0 Å². The Balaban J connectivity index is 1.82. The van der Waals surface area contributed by atoms with E-state index >= 15 is 0 Å². The van der Waals surface area contributed by atoms with Crippen LogP contribution in [0, 0.1) is 0 Å². The normalized spacial score (nSPS) is 10.3. The number of hydrogen-bond donors (Lipinski definition) is 2. The zero-order valence-corrected chi connectivity index (χ0v) is 10.1. The molecule has 0 aliphatic heterocycles. The van der Waals surface area contributed by atoms with Crippen LogP contribution >= 0.6 is 0 Å². The third-order valence-electron chi connectivity index (χ3n) is 2.75. The van der Waals surface area contributed by atoms with Crippen LogP contribution in [0.1, 0.15) is 5.56 Å². The number of rotatable bonds is 4. The summed E-state index contributed by atoms with van der Waals surface area (Å²) in [6, 6.07) is 11.8. The molecule has 6 nitrogen and oxygen atoms in total. The number of nitrogens with one attached hydrogen (secondary N) is 2. The van der Waals surface area contributed by atoms with Crippen molar-refractivity contribution in [1.29, 1.82) is 0 Å². The van der Waals surface area contributed by atoms with Gasteiger partial charge in [-0.05, 0) is 35.0 Å². The molecule has 0 amide bonds. The zero-order valence-electron chi connectivity index (χ0n) is 10.1. The third kappa shape index (κ3) is 2.57. The van der Waals surface area contributed by atoms with Crippen molar-refractivity contribution < 1.29 is 0 Å². The van der Waals surface area contributed by atoms with Crippen LogP contribution in [0.3, 0.4) is 0 Å². The fourth-order valence-corrected chi connectivity index (χ4v) is 1.81. The second kappa shape index (κ2) is 5.26. The van der Waals surface area contributed by atoms with Crippen molar-refractivity contribution in [3.63, 3.8) is 0 Å². The summed E-state index contributed by atoms with van der Waals surface area (Å²) in [5.74, 6) is 0.581. The highest BCUT2D eigenvalue weighted by molar-refractivity contribution is 5.72. The Bertz CT molecular complexity index is 635. The van der Waals surface area contributed by atoms with E-state index in [9.17, 15) is 0 Å². The molecule has 0 aliphatic rings. The minimum Gasteiger partial charge on any atom is -0.380 e. The molecule has 0 fully saturated rings. The molecule has 19 heavy (non-hydrogen) atoms. The van der Waals surface area contributed by atoms with E-state index in [4.69, 9.17) is 0 Å². The number of aromatic amines is 1. The van der Waals surface area contributed by atoms with E-state index < -0.39 is 0 Å². The number of tetrazole rings is 1. The smallest absolute Gasteiger partial charge is 0.206 e. The van der Waals surface area contributed by atoms with Crippen molar-refractivity contribution >= 4 is 5.69 Å². The summed E-state index contributed by atoms with van der Waals surface area (Å²) in [4.78, 5) is 4.00. The molecule has 0 spiro atoms. The van der Waals surface area contributed by atoms with Gasteiger partial charge in [0, 0.05) is 30.2 Å². The van der Waals surface area contributed by atoms with Crippen LogP contribution in [0.4, 0.5) is 5.69 Å². The Hall–Kier alpha value is -2.76. The zero-order chi connectivity index (χ0) is 12.9. The molecule has 1 aromatic carbocycles. The molecule has 2 heterocycles. The van der Waals surface area contributed by atoms with Crippen molar-refractivity contribution in [2.75, 3.05) is 5.32 Å². The van der Waals surface area contributed by atoms with E-state index in [1.165, 1.54) is 0 Å². The number of benzene rings is 1. The lowest BCUT2D eigenvalue weighted by atomic mass is 10.1. The molecular weight excluding hydrogens is 240 g/mol. The number of hydrogen-bond acceptors (Lipinski definition) is 5. The highest BCUT2D eigenvalue weighted by Gasteiger charge is 2.07. The Morgan fingerprint density at radius 1 is 1.05 bits per heavy atom. The fraction of sp³-hybridized carbons (Fsp3) is 0.0769. The highest BCUT2D eigenvalue weighted by Crippen LogP contribution is 2.24. The first kappa shape index (κ1) is 11.3. The Labute approximate surface area is 109 Å². The summed E-state index contributed by atoms with van der Waals surface area (Å²) in [5.41, 5.74) is 3.06. The lowest BCUT2D eigenvalue weighted by molar-refractivity contribution is 0.881. The topological polar surface area (TPSA) is 79.4 Å². The van der Waals surface area contributed by atoms with Gasteiger partial charge < -0.3 is 5.32 Å². The summed E-state index contributed by atoms with van der Waals surface area (Å²) >= 11 is 0. The van der Waals surface area contributed by atoms with E-state index in [2.05, 4.69) is 30.9 Å². The quantitative estimate of drug-likeness (QED) is 0.741. The van der Waals surface area contributed by atoms with E-state index in [1.807, 2.05) is 36.4 Å². The predicted molar refractivity (Wildman–Crippen MR) is 71.2 cm³/mol. The summed E-state index contributed by atoms with van der Waals surface area (Å²) in [6.45, 7) is 0.720. The highest BCUT2D eigenvalue weighted by atomic mass is 15.5. The van der Waals surface area contributed by atoms with Crippen molar-refractivity contribution in [2.45, 2.75) is 6.54 Å². The number of anilines is 1. The van der Waals surface area contributed by atoms with Crippen molar-refractivity contribution in [1.82, 2.24) is 25.6 Å². The van der Waals surface area contributed by atoms with E-state index in [0.717, 1.165) is 23.4 Å². The van der Waals surface area contributed by atoms with Gasteiger partial charge in [0.05, 0.1) is 0 Å². The molecule has 0 saturated carbocycles. The van der Waals surface area contributed by atoms with Crippen LogP contribution in [-0.4, -0.2) is 25.6 Å². The van der Waals surface area contributed by atoms with Crippen LogP contribution in [-0.2, 0) is 6.54 Å².